The molecule has 5 heteroatoms. The van der Waals surface area contributed by atoms with Crippen molar-refractivity contribution in [3.8, 4) is 0 Å². The standard InChI is InChI=1S/C12H16FN3O/c13-9-5-15-6-10(14)11(9)16-3-1-12(2-4-16)7-17-8-12/h5-6H,1-4,7-8,14H2. The molecule has 0 aromatic carbocycles. The summed E-state index contributed by atoms with van der Waals surface area (Å²) in [6.45, 7) is 3.40. The number of anilines is 2. The molecule has 2 fully saturated rings. The van der Waals surface area contributed by atoms with Crippen LogP contribution in [0.25, 0.3) is 0 Å². The molecule has 3 heterocycles. The number of nitrogens with two attached hydrogens (primary N) is 1. The highest BCUT2D eigenvalue weighted by Gasteiger charge is 2.41. The molecule has 0 aliphatic carbocycles. The lowest BCUT2D eigenvalue weighted by Crippen LogP contribution is -2.51. The second-order valence-corrected chi connectivity index (χ2v) is 5.04. The normalized spacial score (nSPS) is 22.5. The fourth-order valence-electron chi connectivity index (χ4n) is 2.66. The van der Waals surface area contributed by atoms with Crippen LogP contribution in [0, 0.1) is 11.2 Å². The van der Waals surface area contributed by atoms with Gasteiger partial charge in [0, 0.05) is 18.5 Å². The van der Waals surface area contributed by atoms with E-state index in [0.717, 1.165) is 39.1 Å². The maximum atomic E-state index is 13.7. The Bertz CT molecular complexity index is 404. The molecule has 0 saturated carbocycles. The summed E-state index contributed by atoms with van der Waals surface area (Å²) in [6.07, 6.45) is 4.83. The first-order valence-electron chi connectivity index (χ1n) is 5.92. The van der Waals surface area contributed by atoms with E-state index in [1.54, 1.807) is 0 Å². The summed E-state index contributed by atoms with van der Waals surface area (Å²) < 4.78 is 19.0. The highest BCUT2D eigenvalue weighted by atomic mass is 19.1. The van der Waals surface area contributed by atoms with Crippen LogP contribution in [0.5, 0.6) is 0 Å². The van der Waals surface area contributed by atoms with Gasteiger partial charge in [0.1, 0.15) is 0 Å². The van der Waals surface area contributed by atoms with Gasteiger partial charge in [0.15, 0.2) is 5.82 Å². The van der Waals surface area contributed by atoms with Crippen molar-refractivity contribution >= 4 is 11.4 Å². The average Bonchev–Trinajstić information content (AvgIpc) is 2.28. The lowest BCUT2D eigenvalue weighted by molar-refractivity contribution is -0.124. The number of halogens is 1. The number of nitrogen functional groups attached to an aromatic ring is 1. The minimum atomic E-state index is -0.328. The average molecular weight is 237 g/mol. The molecule has 4 nitrogen and oxygen atoms in total. The lowest BCUT2D eigenvalue weighted by atomic mass is 9.77. The quantitative estimate of drug-likeness (QED) is 0.802. The van der Waals surface area contributed by atoms with Crippen molar-refractivity contribution in [1.82, 2.24) is 4.98 Å². The molecule has 92 valence electrons. The summed E-state index contributed by atoms with van der Waals surface area (Å²) in [4.78, 5) is 5.77. The third-order valence-electron chi connectivity index (χ3n) is 3.86. The Kier molecular flexibility index (Phi) is 2.43. The zero-order valence-electron chi connectivity index (χ0n) is 9.66. The van der Waals surface area contributed by atoms with E-state index in [4.69, 9.17) is 10.5 Å². The summed E-state index contributed by atoms with van der Waals surface area (Å²) in [6, 6.07) is 0. The number of rotatable bonds is 1. The number of hydrogen-bond acceptors (Lipinski definition) is 4. The molecule has 2 aliphatic rings. The smallest absolute Gasteiger partial charge is 0.166 e. The zero-order valence-corrected chi connectivity index (χ0v) is 9.66. The highest BCUT2D eigenvalue weighted by molar-refractivity contribution is 5.67. The molecule has 17 heavy (non-hydrogen) atoms. The van der Waals surface area contributed by atoms with E-state index in [9.17, 15) is 4.39 Å². The Balaban J connectivity index is 1.78. The van der Waals surface area contributed by atoms with Crippen molar-refractivity contribution in [3.63, 3.8) is 0 Å². The number of ether oxygens (including phenoxy) is 1. The summed E-state index contributed by atoms with van der Waals surface area (Å²) in [5.74, 6) is -0.328. The second kappa shape index (κ2) is 3.84. The monoisotopic (exact) mass is 237 g/mol. The van der Waals surface area contributed by atoms with Gasteiger partial charge in [-0.2, -0.15) is 0 Å². The van der Waals surface area contributed by atoms with Gasteiger partial charge in [-0.25, -0.2) is 4.39 Å². The van der Waals surface area contributed by atoms with E-state index in [1.807, 2.05) is 4.90 Å². The van der Waals surface area contributed by atoms with Crippen molar-refractivity contribution in [2.75, 3.05) is 36.9 Å². The number of piperidine rings is 1. The SMILES string of the molecule is Nc1cncc(F)c1N1CCC2(CC1)COC2. The Labute approximate surface area is 99.6 Å². The van der Waals surface area contributed by atoms with E-state index in [1.165, 1.54) is 12.4 Å². The fourth-order valence-corrected chi connectivity index (χ4v) is 2.66. The summed E-state index contributed by atoms with van der Waals surface area (Å²) in [7, 11) is 0. The molecule has 0 unspecified atom stereocenters. The predicted octanol–water partition coefficient (Wildman–Crippen LogP) is 1.42. The summed E-state index contributed by atoms with van der Waals surface area (Å²) in [5, 5.41) is 0. The lowest BCUT2D eigenvalue weighted by Gasteiger charge is -2.47. The number of nitrogens with zero attached hydrogens (tertiary/aromatic N) is 2. The minimum Gasteiger partial charge on any atom is -0.396 e. The van der Waals surface area contributed by atoms with Gasteiger partial charge in [0.25, 0.3) is 0 Å². The Morgan fingerprint density at radius 2 is 2.00 bits per heavy atom. The molecule has 2 saturated heterocycles. The summed E-state index contributed by atoms with van der Waals surface area (Å²) in [5.41, 5.74) is 7.08. The van der Waals surface area contributed by atoms with E-state index < -0.39 is 0 Å². The van der Waals surface area contributed by atoms with Crippen LogP contribution >= 0.6 is 0 Å². The van der Waals surface area contributed by atoms with Crippen LogP contribution in [0.15, 0.2) is 12.4 Å². The molecule has 0 bridgehead atoms. The van der Waals surface area contributed by atoms with Gasteiger partial charge in [-0.05, 0) is 12.8 Å². The van der Waals surface area contributed by atoms with Gasteiger partial charge in [0.05, 0.1) is 37.0 Å². The maximum Gasteiger partial charge on any atom is 0.166 e. The van der Waals surface area contributed by atoms with Crippen LogP contribution in [-0.4, -0.2) is 31.3 Å². The third kappa shape index (κ3) is 1.74. The molecule has 0 radical (unpaired) electrons. The molecule has 2 aliphatic heterocycles. The van der Waals surface area contributed by atoms with Crippen molar-refractivity contribution in [1.29, 1.82) is 0 Å². The number of pyridine rings is 1. The number of hydrogen-bond donors (Lipinski definition) is 1. The first-order chi connectivity index (χ1) is 8.20. The van der Waals surface area contributed by atoms with Gasteiger partial charge in [-0.1, -0.05) is 0 Å². The molecular formula is C12H16FN3O. The largest absolute Gasteiger partial charge is 0.396 e. The van der Waals surface area contributed by atoms with Crippen LogP contribution in [0.1, 0.15) is 12.8 Å². The van der Waals surface area contributed by atoms with Crippen LogP contribution in [0.4, 0.5) is 15.8 Å². The Hall–Kier alpha value is -1.36. The highest BCUT2D eigenvalue weighted by Crippen LogP contribution is 2.40. The molecule has 3 rings (SSSR count). The first-order valence-corrected chi connectivity index (χ1v) is 5.92. The zero-order chi connectivity index (χ0) is 11.9. The van der Waals surface area contributed by atoms with Gasteiger partial charge < -0.3 is 15.4 Å². The van der Waals surface area contributed by atoms with Gasteiger partial charge in [0.2, 0.25) is 0 Å². The first kappa shape index (κ1) is 10.8. The van der Waals surface area contributed by atoms with Gasteiger partial charge >= 0.3 is 0 Å². The molecule has 0 amide bonds. The molecule has 1 spiro atoms. The van der Waals surface area contributed by atoms with E-state index in [-0.39, 0.29) is 5.82 Å². The van der Waals surface area contributed by atoms with Crippen molar-refractivity contribution < 1.29 is 9.13 Å². The second-order valence-electron chi connectivity index (χ2n) is 5.04. The van der Waals surface area contributed by atoms with E-state index in [0.29, 0.717) is 16.8 Å². The van der Waals surface area contributed by atoms with Crippen LogP contribution in [0.3, 0.4) is 0 Å². The third-order valence-corrected chi connectivity index (χ3v) is 3.86. The van der Waals surface area contributed by atoms with Crippen molar-refractivity contribution in [2.45, 2.75) is 12.8 Å². The summed E-state index contributed by atoms with van der Waals surface area (Å²) >= 11 is 0. The molecule has 1 aromatic rings. The van der Waals surface area contributed by atoms with Crippen molar-refractivity contribution in [3.05, 3.63) is 18.2 Å². The Morgan fingerprint density at radius 3 is 2.53 bits per heavy atom. The molecule has 0 atom stereocenters. The van der Waals surface area contributed by atoms with Crippen molar-refractivity contribution in [2.24, 2.45) is 5.41 Å². The Morgan fingerprint density at radius 1 is 1.29 bits per heavy atom. The van der Waals surface area contributed by atoms with Gasteiger partial charge in [-0.3, -0.25) is 4.98 Å². The van der Waals surface area contributed by atoms with E-state index in [2.05, 4.69) is 4.98 Å². The maximum absolute atomic E-state index is 13.7. The topological polar surface area (TPSA) is 51.4 Å². The molecule has 1 aromatic heterocycles. The van der Waals surface area contributed by atoms with E-state index >= 15 is 0 Å². The fraction of sp³-hybridized carbons (Fsp3) is 0.583. The van der Waals surface area contributed by atoms with Gasteiger partial charge in [-0.15, -0.1) is 0 Å². The number of aromatic nitrogens is 1. The predicted molar refractivity (Wildman–Crippen MR) is 63.3 cm³/mol. The molecule has 2 N–H and O–H groups in total. The molecular weight excluding hydrogens is 221 g/mol. The van der Waals surface area contributed by atoms with Crippen LogP contribution < -0.4 is 10.6 Å². The minimum absolute atomic E-state index is 0.328. The van der Waals surface area contributed by atoms with Crippen LogP contribution in [-0.2, 0) is 4.74 Å². The van der Waals surface area contributed by atoms with Crippen LogP contribution in [0.2, 0.25) is 0 Å².